The maximum absolute atomic E-state index is 13.2. The molecule has 5 rings (SSSR count). The summed E-state index contributed by atoms with van der Waals surface area (Å²) in [5.74, 6) is 0.00192. The van der Waals surface area contributed by atoms with Gasteiger partial charge in [0.25, 0.3) is 5.91 Å². The van der Waals surface area contributed by atoms with E-state index in [0.29, 0.717) is 24.3 Å². The van der Waals surface area contributed by atoms with Crippen molar-refractivity contribution in [2.45, 2.75) is 6.54 Å². The first kappa shape index (κ1) is 18.5. The minimum Gasteiger partial charge on any atom is -0.336 e. The first-order valence-corrected chi connectivity index (χ1v) is 10.2. The van der Waals surface area contributed by atoms with Crippen molar-refractivity contribution in [1.82, 2.24) is 24.4 Å². The summed E-state index contributed by atoms with van der Waals surface area (Å²) in [4.78, 5) is 22.0. The van der Waals surface area contributed by atoms with Gasteiger partial charge in [0.05, 0.1) is 11.9 Å². The maximum Gasteiger partial charge on any atom is 0.259 e. The van der Waals surface area contributed by atoms with Crippen molar-refractivity contribution in [1.29, 1.82) is 0 Å². The molecule has 6 heteroatoms. The van der Waals surface area contributed by atoms with E-state index in [1.54, 1.807) is 16.9 Å². The number of rotatable bonds is 4. The zero-order valence-corrected chi connectivity index (χ0v) is 16.7. The van der Waals surface area contributed by atoms with E-state index in [0.717, 1.165) is 30.9 Å². The molecule has 0 N–H and O–H groups in total. The lowest BCUT2D eigenvalue weighted by molar-refractivity contribution is 0.0630. The van der Waals surface area contributed by atoms with E-state index in [1.807, 2.05) is 47.4 Å². The highest BCUT2D eigenvalue weighted by molar-refractivity contribution is 6.00. The van der Waals surface area contributed by atoms with Crippen molar-refractivity contribution < 1.29 is 4.79 Å². The normalized spacial score (nSPS) is 14.9. The van der Waals surface area contributed by atoms with Crippen LogP contribution in [0.15, 0.2) is 79.1 Å². The number of benzene rings is 2. The summed E-state index contributed by atoms with van der Waals surface area (Å²) in [5.41, 5.74) is 4.43. The molecule has 2 aromatic heterocycles. The van der Waals surface area contributed by atoms with Gasteiger partial charge in [-0.15, -0.1) is 0 Å². The van der Waals surface area contributed by atoms with Crippen LogP contribution in [0.2, 0.25) is 0 Å². The molecule has 0 aliphatic carbocycles. The quantitative estimate of drug-likeness (QED) is 0.530. The molecule has 2 aromatic carbocycles. The largest absolute Gasteiger partial charge is 0.336 e. The van der Waals surface area contributed by atoms with Gasteiger partial charge in [-0.05, 0) is 11.6 Å². The Balaban J connectivity index is 1.32. The average molecular weight is 397 g/mol. The minimum absolute atomic E-state index is 0.00192. The fraction of sp³-hybridized carbons (Fsp3) is 0.208. The molecule has 0 unspecified atom stereocenters. The van der Waals surface area contributed by atoms with Crippen LogP contribution in [0, 0.1) is 0 Å². The van der Waals surface area contributed by atoms with Crippen molar-refractivity contribution in [3.63, 3.8) is 0 Å². The first-order chi connectivity index (χ1) is 14.8. The standard InChI is InChI=1S/C24H23N5O/c30-24(28-15-13-27(14-16-28)18-19-7-3-1-4-8-19)21-17-26-29-22(11-12-25-23(21)29)20-9-5-2-6-10-20/h1-12,17H,13-16,18H2. The van der Waals surface area contributed by atoms with E-state index >= 15 is 0 Å². The molecule has 1 aliphatic rings. The highest BCUT2D eigenvalue weighted by Gasteiger charge is 2.25. The molecule has 1 aliphatic heterocycles. The van der Waals surface area contributed by atoms with Crippen LogP contribution in [0.25, 0.3) is 16.9 Å². The Hall–Kier alpha value is -3.51. The number of nitrogens with zero attached hydrogens (tertiary/aromatic N) is 5. The number of amides is 1. The van der Waals surface area contributed by atoms with E-state index in [4.69, 9.17) is 0 Å². The molecule has 0 spiro atoms. The third kappa shape index (κ3) is 3.57. The predicted molar refractivity (Wildman–Crippen MR) is 116 cm³/mol. The third-order valence-electron chi connectivity index (χ3n) is 5.61. The van der Waals surface area contributed by atoms with E-state index in [2.05, 4.69) is 39.2 Å². The van der Waals surface area contributed by atoms with Gasteiger partial charge in [-0.25, -0.2) is 9.50 Å². The van der Waals surface area contributed by atoms with Gasteiger partial charge in [0.2, 0.25) is 0 Å². The molecular formula is C24H23N5O. The number of piperazine rings is 1. The summed E-state index contributed by atoms with van der Waals surface area (Å²) >= 11 is 0. The van der Waals surface area contributed by atoms with Crippen LogP contribution in [0.3, 0.4) is 0 Å². The van der Waals surface area contributed by atoms with Gasteiger partial charge in [-0.2, -0.15) is 5.10 Å². The topological polar surface area (TPSA) is 53.7 Å². The Bertz CT molecular complexity index is 1150. The molecule has 0 saturated carbocycles. The molecule has 1 fully saturated rings. The number of hydrogen-bond donors (Lipinski definition) is 0. The fourth-order valence-electron chi connectivity index (χ4n) is 3.99. The van der Waals surface area contributed by atoms with Gasteiger partial charge in [0.1, 0.15) is 5.56 Å². The SMILES string of the molecule is O=C(c1cnn2c(-c3ccccc3)ccnc12)N1CCN(Cc2ccccc2)CC1. The number of carbonyl (C=O) groups is 1. The zero-order chi connectivity index (χ0) is 20.3. The van der Waals surface area contributed by atoms with Gasteiger partial charge >= 0.3 is 0 Å². The lowest BCUT2D eigenvalue weighted by Crippen LogP contribution is -2.48. The second-order valence-electron chi connectivity index (χ2n) is 7.54. The summed E-state index contributed by atoms with van der Waals surface area (Å²) in [5, 5.41) is 4.48. The van der Waals surface area contributed by atoms with Crippen molar-refractivity contribution in [3.8, 4) is 11.3 Å². The smallest absolute Gasteiger partial charge is 0.259 e. The molecule has 6 nitrogen and oxygen atoms in total. The third-order valence-corrected chi connectivity index (χ3v) is 5.61. The Morgan fingerprint density at radius 1 is 0.867 bits per heavy atom. The molecule has 0 atom stereocenters. The Morgan fingerprint density at radius 2 is 1.57 bits per heavy atom. The average Bonchev–Trinajstić information content (AvgIpc) is 3.25. The second-order valence-corrected chi connectivity index (χ2v) is 7.54. The van der Waals surface area contributed by atoms with Crippen LogP contribution < -0.4 is 0 Å². The Kier molecular flexibility index (Phi) is 4.99. The molecule has 1 amide bonds. The van der Waals surface area contributed by atoms with Gasteiger partial charge in [0, 0.05) is 44.5 Å². The lowest BCUT2D eigenvalue weighted by Gasteiger charge is -2.34. The van der Waals surface area contributed by atoms with Gasteiger partial charge in [0.15, 0.2) is 5.65 Å². The van der Waals surface area contributed by atoms with Crippen molar-refractivity contribution in [3.05, 3.63) is 90.3 Å². The van der Waals surface area contributed by atoms with Crippen molar-refractivity contribution >= 4 is 11.6 Å². The zero-order valence-electron chi connectivity index (χ0n) is 16.7. The molecule has 0 radical (unpaired) electrons. The first-order valence-electron chi connectivity index (χ1n) is 10.2. The number of aromatic nitrogens is 3. The number of carbonyl (C=O) groups excluding carboxylic acids is 1. The molecule has 3 heterocycles. The van der Waals surface area contributed by atoms with Gasteiger partial charge < -0.3 is 4.90 Å². The van der Waals surface area contributed by atoms with Crippen LogP contribution in [-0.4, -0.2) is 56.5 Å². The van der Waals surface area contributed by atoms with Crippen LogP contribution in [0.5, 0.6) is 0 Å². The highest BCUT2D eigenvalue weighted by atomic mass is 16.2. The minimum atomic E-state index is 0.00192. The summed E-state index contributed by atoms with van der Waals surface area (Å²) < 4.78 is 1.76. The van der Waals surface area contributed by atoms with E-state index in [9.17, 15) is 4.79 Å². The lowest BCUT2D eigenvalue weighted by atomic mass is 10.1. The van der Waals surface area contributed by atoms with E-state index < -0.39 is 0 Å². The Labute approximate surface area is 175 Å². The highest BCUT2D eigenvalue weighted by Crippen LogP contribution is 2.22. The number of hydrogen-bond acceptors (Lipinski definition) is 4. The molecule has 4 aromatic rings. The van der Waals surface area contributed by atoms with Crippen LogP contribution >= 0.6 is 0 Å². The van der Waals surface area contributed by atoms with Crippen LogP contribution in [0.4, 0.5) is 0 Å². The second kappa shape index (κ2) is 8.08. The van der Waals surface area contributed by atoms with Crippen LogP contribution in [0.1, 0.15) is 15.9 Å². The molecule has 1 saturated heterocycles. The summed E-state index contributed by atoms with van der Waals surface area (Å²) in [6.07, 6.45) is 3.39. The maximum atomic E-state index is 13.2. The predicted octanol–water partition coefficient (Wildman–Crippen LogP) is 3.35. The molecule has 150 valence electrons. The van der Waals surface area contributed by atoms with Gasteiger partial charge in [-0.3, -0.25) is 9.69 Å². The fourth-order valence-corrected chi connectivity index (χ4v) is 3.99. The van der Waals surface area contributed by atoms with Crippen molar-refractivity contribution in [2.24, 2.45) is 0 Å². The van der Waals surface area contributed by atoms with Crippen molar-refractivity contribution in [2.75, 3.05) is 26.2 Å². The summed E-state index contributed by atoms with van der Waals surface area (Å²) in [7, 11) is 0. The number of fused-ring (bicyclic) bond motifs is 1. The van der Waals surface area contributed by atoms with E-state index in [1.165, 1.54) is 5.56 Å². The summed E-state index contributed by atoms with van der Waals surface area (Å²) in [6, 6.07) is 22.4. The summed E-state index contributed by atoms with van der Waals surface area (Å²) in [6.45, 7) is 4.06. The molecule has 0 bridgehead atoms. The van der Waals surface area contributed by atoms with E-state index in [-0.39, 0.29) is 5.91 Å². The molecular weight excluding hydrogens is 374 g/mol. The van der Waals surface area contributed by atoms with Gasteiger partial charge in [-0.1, -0.05) is 60.7 Å². The monoisotopic (exact) mass is 397 g/mol. The molecule has 30 heavy (non-hydrogen) atoms. The Morgan fingerprint density at radius 3 is 2.30 bits per heavy atom. The van der Waals surface area contributed by atoms with Crippen LogP contribution in [-0.2, 0) is 6.54 Å².